The maximum absolute atomic E-state index is 13.3. The van der Waals surface area contributed by atoms with Crippen LogP contribution in [0.1, 0.15) is 30.5 Å². The molecular weight excluding hydrogens is 488 g/mol. The van der Waals surface area contributed by atoms with Gasteiger partial charge in [0.05, 0.1) is 19.1 Å². The Labute approximate surface area is 208 Å². The monoisotopic (exact) mass is 514 g/mol. The van der Waals surface area contributed by atoms with E-state index in [1.54, 1.807) is 41.8 Å². The van der Waals surface area contributed by atoms with Gasteiger partial charge in [0.15, 0.2) is 6.61 Å². The molecule has 0 saturated carbocycles. The second kappa shape index (κ2) is 11.0. The third-order valence-electron chi connectivity index (χ3n) is 5.59. The average Bonchev–Trinajstić information content (AvgIpc) is 3.40. The van der Waals surface area contributed by atoms with Gasteiger partial charge in [-0.15, -0.1) is 11.3 Å². The molecule has 10 heteroatoms. The number of anilines is 1. The minimum atomic E-state index is -3.78. The number of carbonyl (C=O) groups excluding carboxylic acids is 2. The molecule has 2 heterocycles. The van der Waals surface area contributed by atoms with Crippen molar-refractivity contribution in [2.45, 2.75) is 30.0 Å². The second-order valence-corrected chi connectivity index (χ2v) is 10.9. The van der Waals surface area contributed by atoms with Crippen LogP contribution in [0.3, 0.4) is 0 Å². The van der Waals surface area contributed by atoms with E-state index in [2.05, 4.69) is 5.32 Å². The van der Waals surface area contributed by atoms with Gasteiger partial charge in [-0.3, -0.25) is 9.59 Å². The number of thiophene rings is 1. The fourth-order valence-corrected chi connectivity index (χ4v) is 6.74. The van der Waals surface area contributed by atoms with Crippen LogP contribution >= 0.6 is 11.3 Å². The molecule has 35 heavy (non-hydrogen) atoms. The molecule has 1 atom stereocenters. The fraction of sp³-hybridized carbons (Fsp3) is 0.280. The Kier molecular flexibility index (Phi) is 7.84. The van der Waals surface area contributed by atoms with E-state index in [-0.39, 0.29) is 17.2 Å². The van der Waals surface area contributed by atoms with Crippen LogP contribution in [0.2, 0.25) is 0 Å². The third-order valence-corrected chi connectivity index (χ3v) is 8.88. The van der Waals surface area contributed by atoms with Gasteiger partial charge in [0.25, 0.3) is 15.9 Å². The Morgan fingerprint density at radius 2 is 1.86 bits per heavy atom. The predicted octanol–water partition coefficient (Wildman–Crippen LogP) is 4.01. The number of nitrogens with one attached hydrogen (secondary N) is 1. The molecule has 0 radical (unpaired) electrons. The Hall–Kier alpha value is -3.21. The maximum Gasteiger partial charge on any atom is 0.308 e. The summed E-state index contributed by atoms with van der Waals surface area (Å²) in [6, 6.07) is 16.9. The Morgan fingerprint density at radius 3 is 2.57 bits per heavy atom. The summed E-state index contributed by atoms with van der Waals surface area (Å²) in [7, 11) is -3.78. The molecule has 8 nitrogen and oxygen atoms in total. The van der Waals surface area contributed by atoms with Crippen LogP contribution in [0, 0.1) is 0 Å². The number of benzene rings is 2. The number of rotatable bonds is 9. The van der Waals surface area contributed by atoms with Crippen LogP contribution in [0.5, 0.6) is 5.75 Å². The number of hydrogen-bond donors (Lipinski definition) is 1. The molecule has 0 bridgehead atoms. The van der Waals surface area contributed by atoms with Gasteiger partial charge < -0.3 is 14.8 Å². The van der Waals surface area contributed by atoms with E-state index in [9.17, 15) is 18.0 Å². The van der Waals surface area contributed by atoms with Gasteiger partial charge in [-0.25, -0.2) is 8.42 Å². The molecule has 0 spiro atoms. The molecule has 0 aliphatic carbocycles. The molecule has 184 valence electrons. The number of nitrogens with zero attached hydrogens (tertiary/aromatic N) is 1. The van der Waals surface area contributed by atoms with E-state index < -0.39 is 34.5 Å². The lowest BCUT2D eigenvalue weighted by Crippen LogP contribution is -2.41. The van der Waals surface area contributed by atoms with Crippen LogP contribution < -0.4 is 10.1 Å². The zero-order valence-corrected chi connectivity index (χ0v) is 20.8. The number of hydrogen-bond acceptors (Lipinski definition) is 7. The molecule has 1 N–H and O–H groups in total. The van der Waals surface area contributed by atoms with Crippen molar-refractivity contribution in [3.05, 3.63) is 77.2 Å². The number of sulfonamides is 1. The molecule has 1 aromatic heterocycles. The van der Waals surface area contributed by atoms with Crippen molar-refractivity contribution in [3.8, 4) is 5.75 Å². The molecule has 1 unspecified atom stereocenters. The standard InChI is InChI=1S/C25H26N2O6S2/c1-2-32-20-11-9-19(10-12-20)26-23(28)17-33-24(29)16-22-21-7-4-3-6-18(21)13-14-27(22)35(30,31)25-8-5-15-34-25/h3-12,15,22H,2,13-14,16-17H2,1H3,(H,26,28). The highest BCUT2D eigenvalue weighted by Crippen LogP contribution is 2.37. The second-order valence-electron chi connectivity index (χ2n) is 7.88. The third kappa shape index (κ3) is 5.90. The minimum absolute atomic E-state index is 0.196. The smallest absolute Gasteiger partial charge is 0.308 e. The highest BCUT2D eigenvalue weighted by Gasteiger charge is 2.38. The van der Waals surface area contributed by atoms with E-state index in [1.807, 2.05) is 31.2 Å². The number of esters is 1. The molecular formula is C25H26N2O6S2. The fourth-order valence-electron chi connectivity index (χ4n) is 4.01. The highest BCUT2D eigenvalue weighted by atomic mass is 32.2. The number of carbonyl (C=O) groups is 2. The lowest BCUT2D eigenvalue weighted by Gasteiger charge is -2.35. The van der Waals surface area contributed by atoms with Gasteiger partial charge in [-0.2, -0.15) is 4.31 Å². The molecule has 2 aromatic carbocycles. The Morgan fingerprint density at radius 1 is 1.09 bits per heavy atom. The lowest BCUT2D eigenvalue weighted by atomic mass is 9.92. The van der Waals surface area contributed by atoms with Gasteiger partial charge in [-0.1, -0.05) is 30.3 Å². The summed E-state index contributed by atoms with van der Waals surface area (Å²) in [6.45, 7) is 2.21. The van der Waals surface area contributed by atoms with Gasteiger partial charge in [-0.05, 0) is 60.2 Å². The van der Waals surface area contributed by atoms with Crippen molar-refractivity contribution in [1.29, 1.82) is 0 Å². The first-order valence-corrected chi connectivity index (χ1v) is 13.5. The molecule has 1 aliphatic rings. The molecule has 1 amide bonds. The van der Waals surface area contributed by atoms with Crippen LogP contribution in [0.15, 0.2) is 70.3 Å². The van der Waals surface area contributed by atoms with Crippen LogP contribution in [0.4, 0.5) is 5.69 Å². The number of amides is 1. The SMILES string of the molecule is CCOc1ccc(NC(=O)COC(=O)CC2c3ccccc3CCN2S(=O)(=O)c2cccs2)cc1. The van der Waals surface area contributed by atoms with E-state index in [0.717, 1.165) is 22.5 Å². The van der Waals surface area contributed by atoms with Crippen LogP contribution in [-0.4, -0.2) is 44.4 Å². The zero-order chi connectivity index (χ0) is 24.8. The number of fused-ring (bicyclic) bond motifs is 1. The molecule has 0 saturated heterocycles. The molecule has 1 aliphatic heterocycles. The minimum Gasteiger partial charge on any atom is -0.494 e. The van der Waals surface area contributed by atoms with Crippen LogP contribution in [0.25, 0.3) is 0 Å². The topological polar surface area (TPSA) is 102 Å². The molecule has 3 aromatic rings. The van der Waals surface area contributed by atoms with Crippen LogP contribution in [-0.2, 0) is 30.8 Å². The van der Waals surface area contributed by atoms with E-state index in [0.29, 0.717) is 24.5 Å². The normalized spacial score (nSPS) is 15.7. The van der Waals surface area contributed by atoms with E-state index in [4.69, 9.17) is 9.47 Å². The van der Waals surface area contributed by atoms with E-state index in [1.165, 1.54) is 4.31 Å². The Bertz CT molecular complexity index is 1270. The van der Waals surface area contributed by atoms with Crippen molar-refractivity contribution in [3.63, 3.8) is 0 Å². The summed E-state index contributed by atoms with van der Waals surface area (Å²) in [4.78, 5) is 25.0. The summed E-state index contributed by atoms with van der Waals surface area (Å²) in [5.74, 6) is -0.457. The summed E-state index contributed by atoms with van der Waals surface area (Å²) < 4.78 is 38.8. The predicted molar refractivity (Wildman–Crippen MR) is 133 cm³/mol. The van der Waals surface area contributed by atoms with Crippen molar-refractivity contribution in [2.75, 3.05) is 25.1 Å². The largest absolute Gasteiger partial charge is 0.494 e. The lowest BCUT2D eigenvalue weighted by molar-refractivity contribution is -0.148. The quantitative estimate of drug-likeness (QED) is 0.433. The van der Waals surface area contributed by atoms with E-state index >= 15 is 0 Å². The summed E-state index contributed by atoms with van der Waals surface area (Å²) >= 11 is 1.14. The summed E-state index contributed by atoms with van der Waals surface area (Å²) in [6.07, 6.45) is 0.356. The van der Waals surface area contributed by atoms with Gasteiger partial charge in [0.2, 0.25) is 0 Å². The van der Waals surface area contributed by atoms with Gasteiger partial charge >= 0.3 is 5.97 Å². The average molecular weight is 515 g/mol. The van der Waals surface area contributed by atoms with Gasteiger partial charge in [0.1, 0.15) is 9.96 Å². The zero-order valence-electron chi connectivity index (χ0n) is 19.2. The van der Waals surface area contributed by atoms with Crippen molar-refractivity contribution in [2.24, 2.45) is 0 Å². The first kappa shape index (κ1) is 24.9. The van der Waals surface area contributed by atoms with Crippen molar-refractivity contribution < 1.29 is 27.5 Å². The Balaban J connectivity index is 1.42. The van der Waals surface area contributed by atoms with Gasteiger partial charge in [0, 0.05) is 12.2 Å². The number of ether oxygens (including phenoxy) is 2. The van der Waals surface area contributed by atoms with Crippen molar-refractivity contribution in [1.82, 2.24) is 4.31 Å². The first-order chi connectivity index (χ1) is 16.9. The molecule has 4 rings (SSSR count). The van der Waals surface area contributed by atoms with Crippen molar-refractivity contribution >= 4 is 38.9 Å². The highest BCUT2D eigenvalue weighted by molar-refractivity contribution is 7.91. The summed E-state index contributed by atoms with van der Waals surface area (Å²) in [5.41, 5.74) is 2.31. The first-order valence-electron chi connectivity index (χ1n) is 11.2. The summed E-state index contributed by atoms with van der Waals surface area (Å²) in [5, 5.41) is 4.37. The maximum atomic E-state index is 13.3. The molecule has 0 fully saturated rings.